The van der Waals surface area contributed by atoms with E-state index in [1.807, 2.05) is 7.05 Å². The van der Waals surface area contributed by atoms with Crippen LogP contribution in [0.2, 0.25) is 0 Å². The first-order chi connectivity index (χ1) is 12.6. The van der Waals surface area contributed by atoms with Gasteiger partial charge in [0, 0.05) is 38.7 Å². The van der Waals surface area contributed by atoms with Gasteiger partial charge in [0.1, 0.15) is 0 Å². The highest BCUT2D eigenvalue weighted by Crippen LogP contribution is 2.38. The summed E-state index contributed by atoms with van der Waals surface area (Å²) < 4.78 is 5.66. The molecule has 0 saturated carbocycles. The summed E-state index contributed by atoms with van der Waals surface area (Å²) in [5.41, 5.74) is 3.09. The van der Waals surface area contributed by atoms with Crippen LogP contribution in [0.1, 0.15) is 36.9 Å². The van der Waals surface area contributed by atoms with Crippen molar-refractivity contribution in [2.24, 2.45) is 10.4 Å². The second-order valence-corrected chi connectivity index (χ2v) is 7.98. The van der Waals surface area contributed by atoms with Gasteiger partial charge in [-0.25, -0.2) is 0 Å². The molecule has 1 aromatic rings. The molecule has 2 atom stereocenters. The minimum absolute atomic E-state index is 0.323. The van der Waals surface area contributed by atoms with Crippen LogP contribution in [-0.2, 0) is 11.2 Å². The van der Waals surface area contributed by atoms with Crippen LogP contribution in [0.4, 0.5) is 0 Å². The van der Waals surface area contributed by atoms with Gasteiger partial charge in [-0.2, -0.15) is 0 Å². The lowest BCUT2D eigenvalue weighted by atomic mass is 9.87. The lowest BCUT2D eigenvalue weighted by Crippen LogP contribution is -2.44. The van der Waals surface area contributed by atoms with Crippen molar-refractivity contribution in [3.8, 4) is 0 Å². The molecule has 2 aliphatic rings. The number of aliphatic imine (C=N–C) groups is 1. The monoisotopic (exact) mass is 358 g/mol. The maximum Gasteiger partial charge on any atom is 0.193 e. The highest BCUT2D eigenvalue weighted by atomic mass is 16.5. The van der Waals surface area contributed by atoms with Gasteiger partial charge in [-0.1, -0.05) is 31.2 Å². The maximum atomic E-state index is 5.66. The number of hydrogen-bond donors (Lipinski definition) is 1. The third-order valence-electron chi connectivity index (χ3n) is 5.98. The largest absolute Gasteiger partial charge is 0.381 e. The van der Waals surface area contributed by atoms with Crippen LogP contribution >= 0.6 is 0 Å². The Morgan fingerprint density at radius 2 is 2.08 bits per heavy atom. The van der Waals surface area contributed by atoms with E-state index in [0.717, 1.165) is 45.2 Å². The second kappa shape index (κ2) is 8.40. The molecule has 1 aromatic carbocycles. The average molecular weight is 359 g/mol. The zero-order valence-electron chi connectivity index (χ0n) is 16.8. The minimum atomic E-state index is 0.323. The molecule has 2 heterocycles. The maximum absolute atomic E-state index is 5.66. The zero-order valence-corrected chi connectivity index (χ0v) is 16.8. The summed E-state index contributed by atoms with van der Waals surface area (Å²) in [5, 5.41) is 3.62. The fourth-order valence-corrected chi connectivity index (χ4v) is 4.18. The number of rotatable bonds is 5. The topological polar surface area (TPSA) is 40.1 Å². The van der Waals surface area contributed by atoms with E-state index < -0.39 is 0 Å². The highest BCUT2D eigenvalue weighted by molar-refractivity contribution is 5.80. The van der Waals surface area contributed by atoms with Crippen LogP contribution in [0.15, 0.2) is 29.3 Å². The lowest BCUT2D eigenvalue weighted by molar-refractivity contribution is 0.156. The summed E-state index contributed by atoms with van der Waals surface area (Å²) in [6.45, 7) is 7.00. The molecular weight excluding hydrogens is 324 g/mol. The van der Waals surface area contributed by atoms with Crippen molar-refractivity contribution in [1.29, 1.82) is 0 Å². The van der Waals surface area contributed by atoms with Crippen molar-refractivity contribution in [2.75, 3.05) is 54.0 Å². The first-order valence-corrected chi connectivity index (χ1v) is 9.85. The van der Waals surface area contributed by atoms with Gasteiger partial charge < -0.3 is 19.9 Å². The Balaban J connectivity index is 1.62. The lowest BCUT2D eigenvalue weighted by Gasteiger charge is -2.29. The smallest absolute Gasteiger partial charge is 0.193 e. The number of nitrogens with one attached hydrogen (secondary N) is 1. The fraction of sp³-hybridized carbons (Fsp3) is 0.667. The predicted molar refractivity (Wildman–Crippen MR) is 108 cm³/mol. The number of benzene rings is 1. The van der Waals surface area contributed by atoms with E-state index in [4.69, 9.17) is 4.74 Å². The highest BCUT2D eigenvalue weighted by Gasteiger charge is 2.42. The van der Waals surface area contributed by atoms with E-state index in [2.05, 4.69) is 65.4 Å². The minimum Gasteiger partial charge on any atom is -0.381 e. The molecule has 2 unspecified atom stereocenters. The normalized spacial score (nSPS) is 24.7. The SMILES string of the molecule is CCc1ccc(C(CNC(=NC)N2CCC3(CCOC3)C2)N(C)C)cc1. The van der Waals surface area contributed by atoms with Crippen LogP contribution in [0.3, 0.4) is 0 Å². The van der Waals surface area contributed by atoms with Gasteiger partial charge in [-0.15, -0.1) is 0 Å². The molecule has 3 rings (SSSR count). The Labute approximate surface area is 158 Å². The first kappa shape index (κ1) is 19.2. The molecule has 0 radical (unpaired) electrons. The summed E-state index contributed by atoms with van der Waals surface area (Å²) in [7, 11) is 6.17. The number of nitrogens with zero attached hydrogens (tertiary/aromatic N) is 3. The molecule has 0 aromatic heterocycles. The number of aryl methyl sites for hydroxylation is 1. The van der Waals surface area contributed by atoms with Gasteiger partial charge in [-0.05, 0) is 44.5 Å². The summed E-state index contributed by atoms with van der Waals surface area (Å²) >= 11 is 0. The van der Waals surface area contributed by atoms with Gasteiger partial charge in [0.25, 0.3) is 0 Å². The first-order valence-electron chi connectivity index (χ1n) is 9.85. The van der Waals surface area contributed by atoms with E-state index in [1.54, 1.807) is 0 Å². The van der Waals surface area contributed by atoms with Crippen molar-refractivity contribution in [3.63, 3.8) is 0 Å². The average Bonchev–Trinajstić information content (AvgIpc) is 3.29. The van der Waals surface area contributed by atoms with Crippen molar-refractivity contribution in [2.45, 2.75) is 32.2 Å². The van der Waals surface area contributed by atoms with Crippen LogP contribution in [-0.4, -0.2) is 69.8 Å². The molecule has 0 bridgehead atoms. The molecule has 1 spiro atoms. The Morgan fingerprint density at radius 1 is 1.31 bits per heavy atom. The summed E-state index contributed by atoms with van der Waals surface area (Å²) in [4.78, 5) is 9.23. The van der Waals surface area contributed by atoms with E-state index in [0.29, 0.717) is 11.5 Å². The number of likely N-dealkylation sites (tertiary alicyclic amines) is 1. The Hall–Kier alpha value is -1.59. The van der Waals surface area contributed by atoms with Crippen molar-refractivity contribution in [3.05, 3.63) is 35.4 Å². The van der Waals surface area contributed by atoms with E-state index in [9.17, 15) is 0 Å². The summed E-state index contributed by atoms with van der Waals surface area (Å²) in [6.07, 6.45) is 3.48. The van der Waals surface area contributed by atoms with Crippen molar-refractivity contribution < 1.29 is 4.74 Å². The van der Waals surface area contributed by atoms with E-state index in [1.165, 1.54) is 24.0 Å². The van der Waals surface area contributed by atoms with Crippen LogP contribution in [0.25, 0.3) is 0 Å². The second-order valence-electron chi connectivity index (χ2n) is 7.98. The number of ether oxygens (including phenoxy) is 1. The number of likely N-dealkylation sites (N-methyl/N-ethyl adjacent to an activating group) is 1. The zero-order chi connectivity index (χ0) is 18.6. The third kappa shape index (κ3) is 4.21. The molecule has 5 nitrogen and oxygen atoms in total. The van der Waals surface area contributed by atoms with Gasteiger partial charge in [0.15, 0.2) is 5.96 Å². The van der Waals surface area contributed by atoms with Gasteiger partial charge >= 0.3 is 0 Å². The Kier molecular flexibility index (Phi) is 6.20. The Bertz CT molecular complexity index is 605. The van der Waals surface area contributed by atoms with Crippen LogP contribution in [0, 0.1) is 5.41 Å². The van der Waals surface area contributed by atoms with E-state index in [-0.39, 0.29) is 0 Å². The number of hydrogen-bond acceptors (Lipinski definition) is 3. The molecule has 2 aliphatic heterocycles. The molecular formula is C21H34N4O. The molecule has 26 heavy (non-hydrogen) atoms. The van der Waals surface area contributed by atoms with Gasteiger partial charge in [-0.3, -0.25) is 4.99 Å². The molecule has 2 saturated heterocycles. The number of guanidine groups is 1. The van der Waals surface area contributed by atoms with Crippen LogP contribution in [0.5, 0.6) is 0 Å². The van der Waals surface area contributed by atoms with Crippen molar-refractivity contribution in [1.82, 2.24) is 15.1 Å². The standard InChI is InChI=1S/C21H34N4O/c1-5-17-6-8-18(9-7-17)19(24(3)4)14-23-20(22-2)25-12-10-21(15-25)11-13-26-16-21/h6-9,19H,5,10-16H2,1-4H3,(H,22,23). The predicted octanol–water partition coefficient (Wildman–Crippen LogP) is 2.54. The van der Waals surface area contributed by atoms with Gasteiger partial charge in [0.05, 0.1) is 12.6 Å². The molecule has 2 fully saturated rings. The molecule has 0 aliphatic carbocycles. The molecule has 144 valence electrons. The molecule has 0 amide bonds. The van der Waals surface area contributed by atoms with E-state index >= 15 is 0 Å². The summed E-state index contributed by atoms with van der Waals surface area (Å²) in [6, 6.07) is 9.32. The quantitative estimate of drug-likeness (QED) is 0.649. The fourth-order valence-electron chi connectivity index (χ4n) is 4.18. The molecule has 1 N–H and O–H groups in total. The molecule has 5 heteroatoms. The van der Waals surface area contributed by atoms with Gasteiger partial charge in [0.2, 0.25) is 0 Å². The summed E-state index contributed by atoms with van der Waals surface area (Å²) in [5.74, 6) is 1.02. The third-order valence-corrected chi connectivity index (χ3v) is 5.98. The van der Waals surface area contributed by atoms with Crippen molar-refractivity contribution >= 4 is 5.96 Å². The Morgan fingerprint density at radius 3 is 2.65 bits per heavy atom. The van der Waals surface area contributed by atoms with Crippen LogP contribution < -0.4 is 5.32 Å².